The van der Waals surface area contributed by atoms with E-state index in [2.05, 4.69) is 34.3 Å². The maximum absolute atomic E-state index is 12.5. The van der Waals surface area contributed by atoms with Crippen molar-refractivity contribution in [2.75, 3.05) is 10.6 Å². The van der Waals surface area contributed by atoms with E-state index < -0.39 is 0 Å². The second-order valence-corrected chi connectivity index (χ2v) is 7.26. The molecule has 5 rings (SSSR count). The lowest BCUT2D eigenvalue weighted by molar-refractivity contribution is 0.102. The number of carbonyl (C=O) groups excluding carboxylic acids is 1. The summed E-state index contributed by atoms with van der Waals surface area (Å²) in [5.74, 6) is 2.02. The number of aryl methyl sites for hydroxylation is 1. The molecular formula is C21H16N8OS. The van der Waals surface area contributed by atoms with Crippen molar-refractivity contribution in [1.82, 2.24) is 28.3 Å². The summed E-state index contributed by atoms with van der Waals surface area (Å²) in [6.07, 6.45) is 5.07. The summed E-state index contributed by atoms with van der Waals surface area (Å²) < 4.78 is 10.2. The quantitative estimate of drug-likeness (QED) is 0.436. The van der Waals surface area contributed by atoms with Gasteiger partial charge in [-0.2, -0.15) is 8.75 Å². The van der Waals surface area contributed by atoms with Gasteiger partial charge in [-0.15, -0.1) is 0 Å². The topological polar surface area (TPSA) is 111 Å². The second kappa shape index (κ2) is 7.92. The summed E-state index contributed by atoms with van der Waals surface area (Å²) in [7, 11) is 0. The predicted octanol–water partition coefficient (Wildman–Crippen LogP) is 3.97. The number of benzene rings is 2. The molecule has 152 valence electrons. The lowest BCUT2D eigenvalue weighted by Gasteiger charge is -2.10. The molecule has 0 spiro atoms. The minimum absolute atomic E-state index is 0.202. The number of amides is 1. The summed E-state index contributed by atoms with van der Waals surface area (Å²) in [4.78, 5) is 25.3. The molecular weight excluding hydrogens is 412 g/mol. The first-order valence-corrected chi connectivity index (χ1v) is 10.1. The Balaban J connectivity index is 1.28. The summed E-state index contributed by atoms with van der Waals surface area (Å²) in [5, 5.41) is 6.14. The third kappa shape index (κ3) is 3.96. The fraction of sp³-hybridized carbons (Fsp3) is 0.0476. The summed E-state index contributed by atoms with van der Waals surface area (Å²) >= 11 is 1.13. The van der Waals surface area contributed by atoms with Crippen LogP contribution in [-0.2, 0) is 0 Å². The normalized spacial score (nSPS) is 10.9. The molecule has 0 unspecified atom stereocenters. The molecule has 3 aromatic heterocycles. The molecule has 31 heavy (non-hydrogen) atoms. The molecule has 2 aromatic carbocycles. The molecule has 9 nitrogen and oxygen atoms in total. The van der Waals surface area contributed by atoms with Gasteiger partial charge in [0, 0.05) is 35.4 Å². The molecule has 0 aliphatic heterocycles. The predicted molar refractivity (Wildman–Crippen MR) is 119 cm³/mol. The largest absolute Gasteiger partial charge is 0.340 e. The van der Waals surface area contributed by atoms with Crippen LogP contribution in [0.5, 0.6) is 0 Å². The lowest BCUT2D eigenvalue weighted by atomic mass is 10.2. The minimum atomic E-state index is -0.202. The van der Waals surface area contributed by atoms with Crippen LogP contribution in [-0.4, -0.2) is 34.2 Å². The van der Waals surface area contributed by atoms with Crippen molar-refractivity contribution in [2.24, 2.45) is 0 Å². The highest BCUT2D eigenvalue weighted by molar-refractivity contribution is 7.00. The van der Waals surface area contributed by atoms with E-state index >= 15 is 0 Å². The molecule has 0 atom stereocenters. The first-order valence-electron chi connectivity index (χ1n) is 9.39. The van der Waals surface area contributed by atoms with Crippen molar-refractivity contribution < 1.29 is 4.79 Å². The zero-order chi connectivity index (χ0) is 21.2. The number of aromatic nitrogens is 6. The molecule has 0 aliphatic rings. The molecule has 0 radical (unpaired) electrons. The highest BCUT2D eigenvalue weighted by Crippen LogP contribution is 2.20. The maximum Gasteiger partial charge on any atom is 0.255 e. The molecule has 0 bridgehead atoms. The van der Waals surface area contributed by atoms with Crippen LogP contribution in [0, 0.1) is 6.92 Å². The van der Waals surface area contributed by atoms with Crippen LogP contribution in [0.4, 0.5) is 17.2 Å². The minimum Gasteiger partial charge on any atom is -0.340 e. The second-order valence-electron chi connectivity index (χ2n) is 6.73. The number of fused-ring (bicyclic) bond motifs is 1. The Labute approximate surface area is 181 Å². The van der Waals surface area contributed by atoms with E-state index in [0.717, 1.165) is 34.6 Å². The first kappa shape index (κ1) is 18.8. The van der Waals surface area contributed by atoms with Gasteiger partial charge >= 0.3 is 0 Å². The van der Waals surface area contributed by atoms with E-state index in [1.54, 1.807) is 24.4 Å². The smallest absolute Gasteiger partial charge is 0.255 e. The molecule has 10 heteroatoms. The van der Waals surface area contributed by atoms with Crippen molar-refractivity contribution in [2.45, 2.75) is 6.92 Å². The van der Waals surface area contributed by atoms with E-state index in [1.165, 1.54) is 6.33 Å². The van der Waals surface area contributed by atoms with E-state index in [-0.39, 0.29) is 5.91 Å². The van der Waals surface area contributed by atoms with E-state index in [0.29, 0.717) is 22.6 Å². The fourth-order valence-electron chi connectivity index (χ4n) is 3.08. The first-order chi connectivity index (χ1) is 15.2. The molecule has 2 N–H and O–H groups in total. The van der Waals surface area contributed by atoms with Crippen LogP contribution in [0.1, 0.15) is 16.2 Å². The van der Waals surface area contributed by atoms with Gasteiger partial charge in [0.1, 0.15) is 34.8 Å². The Morgan fingerprint density at radius 2 is 1.74 bits per heavy atom. The van der Waals surface area contributed by atoms with Crippen LogP contribution in [0.3, 0.4) is 0 Å². The molecule has 0 aliphatic carbocycles. The molecule has 0 fully saturated rings. The van der Waals surface area contributed by atoms with E-state index in [9.17, 15) is 4.79 Å². The third-order valence-corrected chi connectivity index (χ3v) is 5.21. The summed E-state index contributed by atoms with van der Waals surface area (Å²) in [5.41, 5.74) is 3.55. The van der Waals surface area contributed by atoms with Crippen molar-refractivity contribution in [3.63, 3.8) is 0 Å². The summed E-state index contributed by atoms with van der Waals surface area (Å²) in [6.45, 7) is 1.91. The van der Waals surface area contributed by atoms with Gasteiger partial charge in [-0.25, -0.2) is 15.0 Å². The number of imidazole rings is 1. The number of nitrogens with zero attached hydrogens (tertiary/aromatic N) is 6. The van der Waals surface area contributed by atoms with Gasteiger partial charge in [0.15, 0.2) is 0 Å². The molecule has 3 heterocycles. The Hall–Kier alpha value is -4.18. The maximum atomic E-state index is 12.5. The van der Waals surface area contributed by atoms with Crippen LogP contribution in [0.25, 0.3) is 16.9 Å². The van der Waals surface area contributed by atoms with Crippen LogP contribution in [0.15, 0.2) is 67.3 Å². The number of rotatable bonds is 5. The van der Waals surface area contributed by atoms with Crippen molar-refractivity contribution >= 4 is 45.9 Å². The van der Waals surface area contributed by atoms with Crippen molar-refractivity contribution in [1.29, 1.82) is 0 Å². The Morgan fingerprint density at radius 1 is 0.935 bits per heavy atom. The van der Waals surface area contributed by atoms with Gasteiger partial charge in [-0.3, -0.25) is 9.36 Å². The van der Waals surface area contributed by atoms with Gasteiger partial charge in [0.2, 0.25) is 0 Å². The van der Waals surface area contributed by atoms with Crippen LogP contribution in [0.2, 0.25) is 0 Å². The molecule has 1 amide bonds. The van der Waals surface area contributed by atoms with Gasteiger partial charge in [-0.1, -0.05) is 0 Å². The van der Waals surface area contributed by atoms with Crippen LogP contribution >= 0.6 is 11.7 Å². The van der Waals surface area contributed by atoms with Gasteiger partial charge in [0.05, 0.1) is 11.7 Å². The zero-order valence-electron chi connectivity index (χ0n) is 16.4. The van der Waals surface area contributed by atoms with Crippen LogP contribution < -0.4 is 10.6 Å². The molecule has 0 saturated heterocycles. The SMILES string of the molecule is Cc1nccn1-c1cc(Nc2ccc(NC(=O)c3ccc4nsnc4c3)cc2)ncn1. The fourth-order valence-corrected chi connectivity index (χ4v) is 3.60. The zero-order valence-corrected chi connectivity index (χ0v) is 17.2. The molecule has 0 saturated carbocycles. The standard InChI is InChI=1S/C21H16N8OS/c1-13-22-8-9-29(13)20-11-19(23-12-24-20)25-15-3-5-16(6-4-15)26-21(30)14-2-7-17-18(10-14)28-31-27-17/h2-12H,1H3,(H,26,30)(H,23,24,25). The van der Waals surface area contributed by atoms with Crippen molar-refractivity contribution in [3.05, 3.63) is 78.6 Å². The van der Waals surface area contributed by atoms with E-state index in [1.807, 2.05) is 48.0 Å². The van der Waals surface area contributed by atoms with E-state index in [4.69, 9.17) is 0 Å². The monoisotopic (exact) mass is 428 g/mol. The Bertz CT molecular complexity index is 1380. The number of carbonyl (C=O) groups is 1. The highest BCUT2D eigenvalue weighted by atomic mass is 32.1. The van der Waals surface area contributed by atoms with Gasteiger partial charge in [-0.05, 0) is 49.4 Å². The Kier molecular flexibility index (Phi) is 4.81. The van der Waals surface area contributed by atoms with Gasteiger partial charge < -0.3 is 10.6 Å². The Morgan fingerprint density at radius 3 is 2.55 bits per heavy atom. The number of hydrogen-bond acceptors (Lipinski definition) is 8. The molecule has 5 aromatic rings. The van der Waals surface area contributed by atoms with Crippen molar-refractivity contribution in [3.8, 4) is 5.82 Å². The number of nitrogens with one attached hydrogen (secondary N) is 2. The van der Waals surface area contributed by atoms with Gasteiger partial charge in [0.25, 0.3) is 5.91 Å². The number of hydrogen-bond donors (Lipinski definition) is 2. The highest BCUT2D eigenvalue weighted by Gasteiger charge is 2.09. The average Bonchev–Trinajstić information content (AvgIpc) is 3.43. The summed E-state index contributed by atoms with van der Waals surface area (Å²) in [6, 6.07) is 14.5. The number of anilines is 3. The third-order valence-electron chi connectivity index (χ3n) is 4.66. The lowest BCUT2D eigenvalue weighted by Crippen LogP contribution is -2.11. The average molecular weight is 428 g/mol.